The van der Waals surface area contributed by atoms with Gasteiger partial charge in [-0.05, 0) is 23.1 Å². The second-order valence-corrected chi connectivity index (χ2v) is 9.32. The van der Waals surface area contributed by atoms with Crippen molar-refractivity contribution in [2.24, 2.45) is 0 Å². The normalized spacial score (nSPS) is 11.7. The maximum absolute atomic E-state index is 12.5. The molecule has 24 heavy (non-hydrogen) atoms. The van der Waals surface area contributed by atoms with Gasteiger partial charge in [-0.3, -0.25) is 4.79 Å². The quantitative estimate of drug-likeness (QED) is 0.504. The summed E-state index contributed by atoms with van der Waals surface area (Å²) in [7, 11) is 0. The van der Waals surface area contributed by atoms with Crippen LogP contribution in [-0.4, -0.2) is 10.8 Å². The number of thiazole rings is 1. The molecule has 1 aromatic carbocycles. The van der Waals surface area contributed by atoms with E-state index in [0.717, 1.165) is 25.5 Å². The molecule has 0 fully saturated rings. The van der Waals surface area contributed by atoms with Gasteiger partial charge in [-0.25, -0.2) is 4.98 Å². The Morgan fingerprint density at radius 3 is 2.42 bits per heavy atom. The molecule has 0 aliphatic carbocycles. The molecule has 0 aliphatic rings. The van der Waals surface area contributed by atoms with Crippen molar-refractivity contribution in [3.63, 3.8) is 0 Å². The lowest BCUT2D eigenvalue weighted by atomic mass is 9.86. The number of rotatable bonds is 4. The van der Waals surface area contributed by atoms with Crippen LogP contribution >= 0.6 is 34.3 Å². The molecular weight excluding hydrogens is 358 g/mol. The number of benzene rings is 1. The van der Waals surface area contributed by atoms with Crippen LogP contribution in [0.25, 0.3) is 10.6 Å². The van der Waals surface area contributed by atoms with Gasteiger partial charge in [0.2, 0.25) is 0 Å². The third kappa shape index (κ3) is 3.94. The van der Waals surface area contributed by atoms with E-state index in [4.69, 9.17) is 11.6 Å². The van der Waals surface area contributed by atoms with E-state index in [9.17, 15) is 4.79 Å². The number of halogens is 1. The summed E-state index contributed by atoms with van der Waals surface area (Å²) < 4.78 is 0.745. The van der Waals surface area contributed by atoms with E-state index in [1.54, 1.807) is 0 Å². The molecule has 0 spiro atoms. The Hall–Kier alpha value is -1.49. The molecule has 2 nitrogen and oxygen atoms in total. The predicted molar refractivity (Wildman–Crippen MR) is 104 cm³/mol. The van der Waals surface area contributed by atoms with Gasteiger partial charge in [0.15, 0.2) is 5.78 Å². The van der Waals surface area contributed by atoms with Crippen LogP contribution in [-0.2, 0) is 11.8 Å². The summed E-state index contributed by atoms with van der Waals surface area (Å²) in [6.07, 6.45) is 0.332. The highest BCUT2D eigenvalue weighted by atomic mass is 35.5. The van der Waals surface area contributed by atoms with Crippen molar-refractivity contribution in [2.45, 2.75) is 32.6 Å². The molecule has 3 rings (SSSR count). The van der Waals surface area contributed by atoms with E-state index < -0.39 is 0 Å². The molecule has 124 valence electrons. The average Bonchev–Trinajstić information content (AvgIpc) is 3.15. The Bertz CT molecular complexity index is 856. The molecule has 0 aliphatic heterocycles. The van der Waals surface area contributed by atoms with E-state index in [1.165, 1.54) is 28.2 Å². The lowest BCUT2D eigenvalue weighted by molar-refractivity contribution is 0.0993. The summed E-state index contributed by atoms with van der Waals surface area (Å²) in [5.41, 5.74) is 2.94. The summed E-state index contributed by atoms with van der Waals surface area (Å²) in [6.45, 7) is 6.49. The molecule has 0 atom stereocenters. The summed E-state index contributed by atoms with van der Waals surface area (Å²) in [5, 5.41) is 2.81. The second-order valence-electron chi connectivity index (χ2n) is 6.66. The van der Waals surface area contributed by atoms with Gasteiger partial charge in [0.1, 0.15) is 5.01 Å². The summed E-state index contributed by atoms with van der Waals surface area (Å²) in [4.78, 5) is 18.1. The SMILES string of the molecule is CC(C)(C)c1ccc(C(=O)Cc2nc(-c3ccc(Cl)s3)cs2)cc1. The molecule has 0 radical (unpaired) electrons. The van der Waals surface area contributed by atoms with Crippen LogP contribution in [0.2, 0.25) is 4.34 Å². The fourth-order valence-corrected chi connectivity index (χ4v) is 4.22. The Morgan fingerprint density at radius 2 is 1.83 bits per heavy atom. The molecule has 0 saturated heterocycles. The topological polar surface area (TPSA) is 30.0 Å². The minimum Gasteiger partial charge on any atom is -0.294 e. The van der Waals surface area contributed by atoms with Crippen molar-refractivity contribution in [3.8, 4) is 10.6 Å². The van der Waals surface area contributed by atoms with Crippen molar-refractivity contribution in [3.05, 3.63) is 62.2 Å². The number of thiophene rings is 1. The molecular formula is C19H18ClNOS2. The zero-order valence-electron chi connectivity index (χ0n) is 13.8. The van der Waals surface area contributed by atoms with Gasteiger partial charge in [-0.15, -0.1) is 22.7 Å². The molecule has 0 saturated carbocycles. The highest BCUT2D eigenvalue weighted by Gasteiger charge is 2.15. The van der Waals surface area contributed by atoms with Gasteiger partial charge in [0.05, 0.1) is 21.3 Å². The van der Waals surface area contributed by atoms with Gasteiger partial charge < -0.3 is 0 Å². The lowest BCUT2D eigenvalue weighted by Gasteiger charge is -2.18. The number of hydrogen-bond acceptors (Lipinski definition) is 4. The predicted octanol–water partition coefficient (Wildman–Crippen LogP) is 6.25. The maximum Gasteiger partial charge on any atom is 0.169 e. The van der Waals surface area contributed by atoms with Gasteiger partial charge in [0, 0.05) is 10.9 Å². The number of ketones is 1. The van der Waals surface area contributed by atoms with Crippen molar-refractivity contribution in [1.82, 2.24) is 4.98 Å². The molecule has 0 amide bonds. The molecule has 0 bridgehead atoms. The largest absolute Gasteiger partial charge is 0.294 e. The first-order valence-electron chi connectivity index (χ1n) is 7.67. The smallest absolute Gasteiger partial charge is 0.169 e. The zero-order valence-corrected chi connectivity index (χ0v) is 16.2. The summed E-state index contributed by atoms with van der Waals surface area (Å²) >= 11 is 8.98. The van der Waals surface area contributed by atoms with E-state index >= 15 is 0 Å². The highest BCUT2D eigenvalue weighted by Crippen LogP contribution is 2.32. The molecule has 5 heteroatoms. The molecule has 0 unspecified atom stereocenters. The molecule has 3 aromatic rings. The first kappa shape index (κ1) is 17.3. The fraction of sp³-hybridized carbons (Fsp3) is 0.263. The van der Waals surface area contributed by atoms with Crippen molar-refractivity contribution in [1.29, 1.82) is 0 Å². The maximum atomic E-state index is 12.5. The number of aromatic nitrogens is 1. The Morgan fingerprint density at radius 1 is 1.12 bits per heavy atom. The number of nitrogens with zero attached hydrogens (tertiary/aromatic N) is 1. The monoisotopic (exact) mass is 375 g/mol. The Labute approximate surface area is 155 Å². The van der Waals surface area contributed by atoms with E-state index in [1.807, 2.05) is 41.8 Å². The van der Waals surface area contributed by atoms with Crippen LogP contribution < -0.4 is 0 Å². The van der Waals surface area contributed by atoms with Crippen LogP contribution in [0.4, 0.5) is 0 Å². The van der Waals surface area contributed by atoms with Gasteiger partial charge >= 0.3 is 0 Å². The van der Waals surface area contributed by atoms with E-state index in [2.05, 4.69) is 25.8 Å². The second kappa shape index (κ2) is 6.79. The molecule has 0 N–H and O–H groups in total. The standard InChI is InChI=1S/C19H18ClNOS2/c1-19(2,3)13-6-4-12(5-7-13)15(22)10-18-21-14(11-23-18)16-8-9-17(20)24-16/h4-9,11H,10H2,1-3H3. The number of carbonyl (C=O) groups is 1. The van der Waals surface area contributed by atoms with Crippen LogP contribution in [0, 0.1) is 0 Å². The van der Waals surface area contributed by atoms with Crippen LogP contribution in [0.3, 0.4) is 0 Å². The average molecular weight is 376 g/mol. The minimum atomic E-state index is 0.0910. The molecule has 2 heterocycles. The van der Waals surface area contributed by atoms with Crippen LogP contribution in [0.5, 0.6) is 0 Å². The van der Waals surface area contributed by atoms with Crippen molar-refractivity contribution < 1.29 is 4.79 Å². The Kier molecular flexibility index (Phi) is 4.90. The summed E-state index contributed by atoms with van der Waals surface area (Å²) in [6, 6.07) is 11.7. The van der Waals surface area contributed by atoms with E-state index in [0.29, 0.717) is 6.42 Å². The third-order valence-corrected chi connectivity index (χ3v) is 5.86. The van der Waals surface area contributed by atoms with Gasteiger partial charge in [0.25, 0.3) is 0 Å². The van der Waals surface area contributed by atoms with E-state index in [-0.39, 0.29) is 11.2 Å². The van der Waals surface area contributed by atoms with Crippen LogP contribution in [0.1, 0.15) is 41.7 Å². The van der Waals surface area contributed by atoms with Crippen molar-refractivity contribution >= 4 is 40.1 Å². The minimum absolute atomic E-state index is 0.0910. The number of Topliss-reactive ketones (excluding diaryl/α,β-unsaturated/α-hetero) is 1. The number of carbonyl (C=O) groups excluding carboxylic acids is 1. The lowest BCUT2D eigenvalue weighted by Crippen LogP contribution is -2.11. The third-order valence-electron chi connectivity index (χ3n) is 3.76. The van der Waals surface area contributed by atoms with Crippen molar-refractivity contribution in [2.75, 3.05) is 0 Å². The first-order chi connectivity index (χ1) is 11.3. The molecule has 2 aromatic heterocycles. The fourth-order valence-electron chi connectivity index (χ4n) is 2.35. The first-order valence-corrected chi connectivity index (χ1v) is 9.74. The van der Waals surface area contributed by atoms with Gasteiger partial charge in [-0.2, -0.15) is 0 Å². The number of hydrogen-bond donors (Lipinski definition) is 0. The van der Waals surface area contributed by atoms with Gasteiger partial charge in [-0.1, -0.05) is 56.6 Å². The zero-order chi connectivity index (χ0) is 17.3. The summed E-state index contributed by atoms with van der Waals surface area (Å²) in [5.74, 6) is 0.0978. The highest BCUT2D eigenvalue weighted by molar-refractivity contribution is 7.19. The Balaban J connectivity index is 1.72. The van der Waals surface area contributed by atoms with Crippen LogP contribution in [0.15, 0.2) is 41.8 Å².